The number of aliphatic hydroxyl groups excluding tert-OH is 1. The molecular formula is C10H11F3N2O3S. The number of nitrogens with zero attached hydrogens (tertiary/aromatic N) is 2. The summed E-state index contributed by atoms with van der Waals surface area (Å²) in [7, 11) is 0. The fraction of sp³-hybridized carbons (Fsp3) is 0.500. The lowest BCUT2D eigenvalue weighted by Crippen LogP contribution is -2.22. The summed E-state index contributed by atoms with van der Waals surface area (Å²) in [5.74, 6) is -1.24. The Kier molecular flexibility index (Phi) is 5.12. The first-order valence-corrected chi connectivity index (χ1v) is 6.06. The van der Waals surface area contributed by atoms with Gasteiger partial charge in [0.15, 0.2) is 5.16 Å². The Balaban J connectivity index is 2.88. The van der Waals surface area contributed by atoms with Crippen LogP contribution in [0, 0.1) is 0 Å². The highest BCUT2D eigenvalue weighted by Crippen LogP contribution is 2.30. The summed E-state index contributed by atoms with van der Waals surface area (Å²) in [4.78, 5) is 17.8. The molecule has 0 bridgehead atoms. The highest BCUT2D eigenvalue weighted by molar-refractivity contribution is 8.00. The summed E-state index contributed by atoms with van der Waals surface area (Å²) in [5.41, 5.74) is -1.13. The van der Waals surface area contributed by atoms with Crippen LogP contribution in [0.1, 0.15) is 19.0 Å². The van der Waals surface area contributed by atoms with Gasteiger partial charge in [-0.15, -0.1) is 0 Å². The molecule has 2 N–H and O–H groups in total. The van der Waals surface area contributed by atoms with Gasteiger partial charge in [-0.25, -0.2) is 9.97 Å². The number of carboxylic acid groups (broad SMARTS) is 1. The van der Waals surface area contributed by atoms with E-state index >= 15 is 0 Å². The first-order chi connectivity index (χ1) is 8.70. The van der Waals surface area contributed by atoms with Gasteiger partial charge in [0.1, 0.15) is 10.9 Å². The molecule has 0 radical (unpaired) electrons. The zero-order valence-corrected chi connectivity index (χ0v) is 10.6. The number of hydrogen-bond acceptors (Lipinski definition) is 5. The van der Waals surface area contributed by atoms with E-state index in [1.807, 2.05) is 0 Å². The van der Waals surface area contributed by atoms with Crippen LogP contribution in [-0.4, -0.2) is 37.5 Å². The topological polar surface area (TPSA) is 83.3 Å². The Morgan fingerprint density at radius 2 is 2.16 bits per heavy atom. The van der Waals surface area contributed by atoms with Crippen molar-refractivity contribution in [3.63, 3.8) is 0 Å². The molecule has 0 aliphatic heterocycles. The molecule has 0 saturated carbocycles. The largest absolute Gasteiger partial charge is 0.480 e. The van der Waals surface area contributed by atoms with Crippen molar-refractivity contribution in [2.75, 3.05) is 0 Å². The molecule has 0 amide bonds. The number of hydrogen-bond donors (Lipinski definition) is 2. The third-order valence-corrected chi connectivity index (χ3v) is 3.09. The third kappa shape index (κ3) is 5.03. The Morgan fingerprint density at radius 3 is 2.63 bits per heavy atom. The number of thioether (sulfide) groups is 1. The minimum atomic E-state index is -4.61. The van der Waals surface area contributed by atoms with Crippen LogP contribution in [0.15, 0.2) is 17.4 Å². The molecule has 106 valence electrons. The first-order valence-electron chi connectivity index (χ1n) is 5.18. The van der Waals surface area contributed by atoms with E-state index in [4.69, 9.17) is 10.2 Å². The second-order valence-corrected chi connectivity index (χ2v) is 4.92. The van der Waals surface area contributed by atoms with E-state index < -0.39 is 29.2 Å². The van der Waals surface area contributed by atoms with Gasteiger partial charge >= 0.3 is 12.1 Å². The van der Waals surface area contributed by atoms with E-state index in [2.05, 4.69) is 9.97 Å². The van der Waals surface area contributed by atoms with E-state index in [-0.39, 0.29) is 11.6 Å². The van der Waals surface area contributed by atoms with Crippen molar-refractivity contribution < 1.29 is 28.2 Å². The van der Waals surface area contributed by atoms with Crippen molar-refractivity contribution in [2.45, 2.75) is 36.0 Å². The van der Waals surface area contributed by atoms with E-state index in [1.54, 1.807) is 0 Å². The molecule has 1 heterocycles. The standard InChI is InChI=1S/C10H11F3N2O3S/c1-5(16)4-6(8(17)18)19-9-14-3-2-7(15-9)10(11,12)13/h2-3,5-6,16H,4H2,1H3,(H,17,18)/t5-,6-/m0/s1. The molecule has 5 nitrogen and oxygen atoms in total. The molecular weight excluding hydrogens is 285 g/mol. The van der Waals surface area contributed by atoms with Gasteiger partial charge in [-0.3, -0.25) is 4.79 Å². The molecule has 0 aromatic carbocycles. The minimum absolute atomic E-state index is 0.112. The molecule has 0 aliphatic carbocycles. The highest BCUT2D eigenvalue weighted by Gasteiger charge is 2.33. The summed E-state index contributed by atoms with van der Waals surface area (Å²) >= 11 is 0.574. The van der Waals surface area contributed by atoms with Crippen molar-refractivity contribution in [1.82, 2.24) is 9.97 Å². The van der Waals surface area contributed by atoms with E-state index in [1.165, 1.54) is 6.92 Å². The molecule has 0 aliphatic rings. The summed E-state index contributed by atoms with van der Waals surface area (Å²) < 4.78 is 37.3. The lowest BCUT2D eigenvalue weighted by molar-refractivity contribution is -0.141. The van der Waals surface area contributed by atoms with Crippen LogP contribution in [0.3, 0.4) is 0 Å². The molecule has 9 heteroatoms. The number of rotatable bonds is 5. The van der Waals surface area contributed by atoms with Crippen LogP contribution in [-0.2, 0) is 11.0 Å². The lowest BCUT2D eigenvalue weighted by Gasteiger charge is -2.13. The van der Waals surface area contributed by atoms with Gasteiger partial charge in [-0.1, -0.05) is 11.8 Å². The number of aromatic nitrogens is 2. The van der Waals surface area contributed by atoms with E-state index in [9.17, 15) is 18.0 Å². The fourth-order valence-electron chi connectivity index (χ4n) is 1.19. The van der Waals surface area contributed by atoms with Gasteiger partial charge in [0.05, 0.1) is 6.10 Å². The zero-order chi connectivity index (χ0) is 14.6. The molecule has 19 heavy (non-hydrogen) atoms. The molecule has 0 spiro atoms. The van der Waals surface area contributed by atoms with E-state index in [0.717, 1.165) is 6.20 Å². The van der Waals surface area contributed by atoms with Crippen molar-refractivity contribution >= 4 is 17.7 Å². The predicted octanol–water partition coefficient (Wildman–Crippen LogP) is 1.81. The number of aliphatic carboxylic acids is 1. The zero-order valence-electron chi connectivity index (χ0n) is 9.76. The molecule has 1 aromatic rings. The first kappa shape index (κ1) is 15.7. The van der Waals surface area contributed by atoms with Crippen LogP contribution < -0.4 is 0 Å². The summed E-state index contributed by atoms with van der Waals surface area (Å²) in [6.45, 7) is 1.39. The lowest BCUT2D eigenvalue weighted by atomic mass is 10.2. The van der Waals surface area contributed by atoms with Crippen LogP contribution in [0.5, 0.6) is 0 Å². The fourth-order valence-corrected chi connectivity index (χ4v) is 2.19. The van der Waals surface area contributed by atoms with Gasteiger partial charge < -0.3 is 10.2 Å². The Bertz CT molecular complexity index is 454. The molecule has 0 fully saturated rings. The monoisotopic (exact) mass is 296 g/mol. The van der Waals surface area contributed by atoms with Crippen molar-refractivity contribution in [2.24, 2.45) is 0 Å². The van der Waals surface area contributed by atoms with E-state index in [0.29, 0.717) is 17.8 Å². The van der Waals surface area contributed by atoms with Gasteiger partial charge in [-0.05, 0) is 19.4 Å². The molecule has 1 aromatic heterocycles. The smallest absolute Gasteiger partial charge is 0.433 e. The third-order valence-electron chi connectivity index (χ3n) is 2.00. The Hall–Kier alpha value is -1.35. The van der Waals surface area contributed by atoms with Gasteiger partial charge in [-0.2, -0.15) is 13.2 Å². The summed E-state index contributed by atoms with van der Waals surface area (Å²) in [6.07, 6.45) is -4.69. The number of aliphatic hydroxyl groups is 1. The Labute approximate surface area is 110 Å². The van der Waals surface area contributed by atoms with Crippen LogP contribution in [0.25, 0.3) is 0 Å². The maximum atomic E-state index is 12.4. The number of carbonyl (C=O) groups is 1. The van der Waals surface area contributed by atoms with Gasteiger partial charge in [0, 0.05) is 6.20 Å². The van der Waals surface area contributed by atoms with Gasteiger partial charge in [0.2, 0.25) is 0 Å². The normalized spacial score (nSPS) is 15.0. The Morgan fingerprint density at radius 1 is 1.53 bits per heavy atom. The van der Waals surface area contributed by atoms with Crippen LogP contribution in [0.4, 0.5) is 13.2 Å². The molecule has 0 saturated heterocycles. The van der Waals surface area contributed by atoms with Crippen molar-refractivity contribution in [3.05, 3.63) is 18.0 Å². The SMILES string of the molecule is C[C@H](O)C[C@H](Sc1nccc(C(F)(F)F)n1)C(=O)O. The van der Waals surface area contributed by atoms with Crippen LogP contribution >= 0.6 is 11.8 Å². The number of halogens is 3. The average molecular weight is 296 g/mol. The van der Waals surface area contributed by atoms with Gasteiger partial charge in [0.25, 0.3) is 0 Å². The molecule has 1 rings (SSSR count). The molecule has 0 unspecified atom stereocenters. The average Bonchev–Trinajstić information content (AvgIpc) is 2.26. The summed E-state index contributed by atoms with van der Waals surface area (Å²) in [6, 6.07) is 0.703. The van der Waals surface area contributed by atoms with Crippen LogP contribution in [0.2, 0.25) is 0 Å². The number of carboxylic acids is 1. The highest BCUT2D eigenvalue weighted by atomic mass is 32.2. The second-order valence-electron chi connectivity index (χ2n) is 3.75. The molecule has 2 atom stereocenters. The van der Waals surface area contributed by atoms with Crippen molar-refractivity contribution in [3.8, 4) is 0 Å². The maximum Gasteiger partial charge on any atom is 0.433 e. The summed E-state index contributed by atoms with van der Waals surface area (Å²) in [5, 5.41) is 16.6. The second kappa shape index (κ2) is 6.20. The predicted molar refractivity (Wildman–Crippen MR) is 60.6 cm³/mol. The van der Waals surface area contributed by atoms with Crippen molar-refractivity contribution in [1.29, 1.82) is 0 Å². The minimum Gasteiger partial charge on any atom is -0.480 e. The maximum absolute atomic E-state index is 12.4. The quantitative estimate of drug-likeness (QED) is 0.637. The number of alkyl halides is 3.